The Balaban J connectivity index is 1.33. The number of ether oxygens (including phenoxy) is 4. The first-order valence-corrected chi connectivity index (χ1v) is 9.36. The van der Waals surface area contributed by atoms with E-state index in [2.05, 4.69) is 10.6 Å². The maximum absolute atomic E-state index is 11.6. The van der Waals surface area contributed by atoms with Gasteiger partial charge in [0.2, 0.25) is 11.8 Å². The van der Waals surface area contributed by atoms with Crippen molar-refractivity contribution in [3.63, 3.8) is 0 Å². The highest BCUT2D eigenvalue weighted by atomic mass is 16.6. The van der Waals surface area contributed by atoms with Crippen molar-refractivity contribution in [2.45, 2.75) is 37.9 Å². The minimum Gasteiger partial charge on any atom is -0.379 e. The van der Waals surface area contributed by atoms with Gasteiger partial charge in [-0.15, -0.1) is 0 Å². The lowest BCUT2D eigenvalue weighted by atomic mass is 10.3. The molecule has 0 bridgehead atoms. The first-order valence-electron chi connectivity index (χ1n) is 9.36. The van der Waals surface area contributed by atoms with Crippen LogP contribution in [-0.4, -0.2) is 76.8 Å². The number of hydrogen-bond donors (Lipinski definition) is 2. The molecular formula is C18H30N2O6. The number of carbonyl (C=O) groups excluding carboxylic acids is 2. The van der Waals surface area contributed by atoms with Crippen LogP contribution in [0.3, 0.4) is 0 Å². The number of unbranched alkanes of at least 4 members (excludes halogenated alkanes) is 2. The lowest BCUT2D eigenvalue weighted by molar-refractivity contribution is -0.118. The standard InChI is InChI=1S/C18H30N2O6/c21-17(19-7-1-3-9-23-11-15-13-25-15)5-6-18(22)20-8-2-4-10-24-12-16-14-26-16/h5-6,15-16H,1-4,7-14H2,(H,19,21)(H,20,22)/b6-5+. The molecule has 0 spiro atoms. The number of epoxide rings is 2. The molecule has 2 amide bonds. The molecule has 2 heterocycles. The van der Waals surface area contributed by atoms with Gasteiger partial charge in [-0.05, 0) is 25.7 Å². The van der Waals surface area contributed by atoms with Crippen LogP contribution in [0, 0.1) is 0 Å². The van der Waals surface area contributed by atoms with Crippen LogP contribution < -0.4 is 10.6 Å². The monoisotopic (exact) mass is 370 g/mol. The van der Waals surface area contributed by atoms with Crippen molar-refractivity contribution in [3.8, 4) is 0 Å². The third-order valence-corrected chi connectivity index (χ3v) is 3.83. The molecule has 8 heteroatoms. The van der Waals surface area contributed by atoms with Crippen LogP contribution in [0.4, 0.5) is 0 Å². The second-order valence-electron chi connectivity index (χ2n) is 6.39. The lowest BCUT2D eigenvalue weighted by Gasteiger charge is -2.04. The van der Waals surface area contributed by atoms with Gasteiger partial charge < -0.3 is 29.6 Å². The van der Waals surface area contributed by atoms with Crippen molar-refractivity contribution < 1.29 is 28.5 Å². The molecule has 26 heavy (non-hydrogen) atoms. The van der Waals surface area contributed by atoms with Gasteiger partial charge in [-0.25, -0.2) is 0 Å². The fourth-order valence-electron chi connectivity index (χ4n) is 2.11. The maximum Gasteiger partial charge on any atom is 0.244 e. The van der Waals surface area contributed by atoms with E-state index in [0.29, 0.717) is 51.7 Å². The Hall–Kier alpha value is -1.48. The highest BCUT2D eigenvalue weighted by Crippen LogP contribution is 2.09. The Morgan fingerprint density at radius 3 is 1.62 bits per heavy atom. The molecule has 2 N–H and O–H groups in total. The van der Waals surface area contributed by atoms with E-state index < -0.39 is 0 Å². The van der Waals surface area contributed by atoms with E-state index >= 15 is 0 Å². The topological polar surface area (TPSA) is 102 Å². The summed E-state index contributed by atoms with van der Waals surface area (Å²) < 4.78 is 20.9. The van der Waals surface area contributed by atoms with Crippen LogP contribution in [0.15, 0.2) is 12.2 Å². The molecule has 2 atom stereocenters. The van der Waals surface area contributed by atoms with Gasteiger partial charge in [-0.2, -0.15) is 0 Å². The lowest BCUT2D eigenvalue weighted by Crippen LogP contribution is -2.25. The minimum absolute atomic E-state index is 0.261. The van der Waals surface area contributed by atoms with E-state index in [0.717, 1.165) is 38.9 Å². The van der Waals surface area contributed by atoms with Crippen LogP contribution in [-0.2, 0) is 28.5 Å². The first-order chi connectivity index (χ1) is 12.7. The highest BCUT2D eigenvalue weighted by molar-refractivity contribution is 5.96. The summed E-state index contributed by atoms with van der Waals surface area (Å²) in [5.41, 5.74) is 0. The Labute approximate surface area is 154 Å². The number of hydrogen-bond acceptors (Lipinski definition) is 6. The molecule has 2 aliphatic heterocycles. The molecule has 2 saturated heterocycles. The van der Waals surface area contributed by atoms with E-state index in [-0.39, 0.29) is 11.8 Å². The number of amides is 2. The van der Waals surface area contributed by atoms with Crippen molar-refractivity contribution in [2.24, 2.45) is 0 Å². The summed E-state index contributed by atoms with van der Waals surface area (Å²) in [7, 11) is 0. The van der Waals surface area contributed by atoms with Gasteiger partial charge in [0.1, 0.15) is 12.2 Å². The summed E-state index contributed by atoms with van der Waals surface area (Å²) in [6.45, 7) is 5.42. The van der Waals surface area contributed by atoms with Crippen molar-refractivity contribution in [1.82, 2.24) is 10.6 Å². The van der Waals surface area contributed by atoms with Crippen LogP contribution in [0.2, 0.25) is 0 Å². The molecule has 8 nitrogen and oxygen atoms in total. The van der Waals surface area contributed by atoms with E-state index in [1.54, 1.807) is 0 Å². The third-order valence-electron chi connectivity index (χ3n) is 3.83. The van der Waals surface area contributed by atoms with Gasteiger partial charge in [0.25, 0.3) is 0 Å². The summed E-state index contributed by atoms with van der Waals surface area (Å²) in [4.78, 5) is 23.2. The Bertz CT molecular complexity index is 409. The second kappa shape index (κ2) is 12.8. The normalized spacial score (nSPS) is 20.9. The summed E-state index contributed by atoms with van der Waals surface area (Å²) >= 11 is 0. The van der Waals surface area contributed by atoms with Crippen molar-refractivity contribution in [3.05, 3.63) is 12.2 Å². The summed E-state index contributed by atoms with van der Waals surface area (Å²) in [6, 6.07) is 0. The minimum atomic E-state index is -0.261. The van der Waals surface area contributed by atoms with Gasteiger partial charge in [-0.3, -0.25) is 9.59 Å². The third kappa shape index (κ3) is 12.0. The molecule has 0 aliphatic carbocycles. The zero-order valence-corrected chi connectivity index (χ0v) is 15.2. The zero-order chi connectivity index (χ0) is 18.5. The quantitative estimate of drug-likeness (QED) is 0.228. The smallest absolute Gasteiger partial charge is 0.244 e. The van der Waals surface area contributed by atoms with E-state index in [1.165, 1.54) is 12.2 Å². The molecule has 0 aromatic carbocycles. The summed E-state index contributed by atoms with van der Waals surface area (Å²) in [5, 5.41) is 5.48. The van der Waals surface area contributed by atoms with E-state index in [4.69, 9.17) is 18.9 Å². The molecule has 0 saturated carbocycles. The van der Waals surface area contributed by atoms with Crippen LogP contribution in [0.1, 0.15) is 25.7 Å². The van der Waals surface area contributed by atoms with Crippen LogP contribution in [0.25, 0.3) is 0 Å². The molecule has 2 aliphatic rings. The molecule has 0 aromatic rings. The Morgan fingerprint density at radius 1 is 0.808 bits per heavy atom. The molecule has 2 fully saturated rings. The zero-order valence-electron chi connectivity index (χ0n) is 15.2. The molecule has 0 radical (unpaired) electrons. The van der Waals surface area contributed by atoms with Crippen molar-refractivity contribution in [1.29, 1.82) is 0 Å². The Morgan fingerprint density at radius 2 is 1.23 bits per heavy atom. The number of rotatable bonds is 16. The first kappa shape index (κ1) is 20.8. The number of carbonyl (C=O) groups is 2. The van der Waals surface area contributed by atoms with E-state index in [1.807, 2.05) is 0 Å². The van der Waals surface area contributed by atoms with Gasteiger partial charge in [0.15, 0.2) is 0 Å². The van der Waals surface area contributed by atoms with E-state index in [9.17, 15) is 9.59 Å². The second-order valence-corrected chi connectivity index (χ2v) is 6.39. The van der Waals surface area contributed by atoms with Gasteiger partial charge in [0, 0.05) is 38.5 Å². The average molecular weight is 370 g/mol. The Kier molecular flexibility index (Phi) is 10.3. The fourth-order valence-corrected chi connectivity index (χ4v) is 2.11. The average Bonchev–Trinajstić information content (AvgIpc) is 3.53. The summed E-state index contributed by atoms with van der Waals surface area (Å²) in [5.74, 6) is -0.522. The molecule has 2 rings (SSSR count). The predicted octanol–water partition coefficient (Wildman–Crippen LogP) is 0.166. The predicted molar refractivity (Wildman–Crippen MR) is 94.7 cm³/mol. The van der Waals surface area contributed by atoms with Gasteiger partial charge in [0.05, 0.1) is 26.4 Å². The molecular weight excluding hydrogens is 340 g/mol. The van der Waals surface area contributed by atoms with Crippen LogP contribution in [0.5, 0.6) is 0 Å². The summed E-state index contributed by atoms with van der Waals surface area (Å²) in [6.07, 6.45) is 6.55. The SMILES string of the molecule is O=C(/C=C/C(=O)NCCCCOCC1CO1)NCCCCOCC1CO1. The molecule has 2 unspecified atom stereocenters. The highest BCUT2D eigenvalue weighted by Gasteiger charge is 2.22. The molecule has 148 valence electrons. The van der Waals surface area contributed by atoms with Crippen LogP contribution >= 0.6 is 0 Å². The van der Waals surface area contributed by atoms with Gasteiger partial charge in [-0.1, -0.05) is 0 Å². The van der Waals surface area contributed by atoms with Crippen molar-refractivity contribution in [2.75, 3.05) is 52.7 Å². The van der Waals surface area contributed by atoms with Gasteiger partial charge >= 0.3 is 0 Å². The fraction of sp³-hybridized carbons (Fsp3) is 0.778. The molecule has 0 aromatic heterocycles. The van der Waals surface area contributed by atoms with Crippen molar-refractivity contribution >= 4 is 11.8 Å². The largest absolute Gasteiger partial charge is 0.379 e. The maximum atomic E-state index is 11.6. The number of nitrogens with one attached hydrogen (secondary N) is 2.